The fourth-order valence-electron chi connectivity index (χ4n) is 1.96. The van der Waals surface area contributed by atoms with Gasteiger partial charge in [-0.25, -0.2) is 13.1 Å². The van der Waals surface area contributed by atoms with Gasteiger partial charge in [0.1, 0.15) is 0 Å². The molecule has 0 aromatic carbocycles. The molecule has 1 aliphatic rings. The molecule has 2 rings (SSSR count). The van der Waals surface area contributed by atoms with E-state index in [1.165, 1.54) is 0 Å². The summed E-state index contributed by atoms with van der Waals surface area (Å²) in [6.07, 6.45) is 2.58. The van der Waals surface area contributed by atoms with Crippen molar-refractivity contribution in [3.8, 4) is 0 Å². The van der Waals surface area contributed by atoms with Crippen LogP contribution in [-0.4, -0.2) is 33.3 Å². The average Bonchev–Trinajstić information content (AvgIpc) is 2.80. The van der Waals surface area contributed by atoms with Crippen LogP contribution in [0.1, 0.15) is 17.7 Å². The van der Waals surface area contributed by atoms with Crippen LogP contribution in [0.2, 0.25) is 0 Å². The first-order chi connectivity index (χ1) is 8.16. The monoisotopic (exact) mass is 310 g/mol. The molecule has 1 aromatic rings. The van der Waals surface area contributed by atoms with Gasteiger partial charge in [0.2, 0.25) is 10.0 Å². The summed E-state index contributed by atoms with van der Waals surface area (Å²) >= 11 is 1.61. The van der Waals surface area contributed by atoms with Gasteiger partial charge in [0.05, 0.1) is 5.75 Å². The maximum absolute atomic E-state index is 11.9. The van der Waals surface area contributed by atoms with E-state index >= 15 is 0 Å². The van der Waals surface area contributed by atoms with E-state index in [9.17, 15) is 8.42 Å². The summed E-state index contributed by atoms with van der Waals surface area (Å²) < 4.78 is 26.5. The standard InChI is InChI=1S/C11H18N2O2S2.ClH/c14-17(15,8-5-11-4-2-7-16-11)13-10-3-1-6-12-9-10;/h2,4,7,10,12-13H,1,3,5-6,8-9H2;1H. The molecule has 1 fully saturated rings. The van der Waals surface area contributed by atoms with E-state index in [0.717, 1.165) is 30.8 Å². The number of halogens is 1. The van der Waals surface area contributed by atoms with E-state index in [-0.39, 0.29) is 24.2 Å². The predicted molar refractivity (Wildman–Crippen MR) is 78.1 cm³/mol. The first kappa shape index (κ1) is 15.9. The predicted octanol–water partition coefficient (Wildman–Crippen LogP) is 1.38. The van der Waals surface area contributed by atoms with E-state index in [2.05, 4.69) is 10.0 Å². The van der Waals surface area contributed by atoms with Crippen molar-refractivity contribution < 1.29 is 8.42 Å². The van der Waals surface area contributed by atoms with Gasteiger partial charge in [-0.3, -0.25) is 0 Å². The molecule has 1 saturated heterocycles. The van der Waals surface area contributed by atoms with Gasteiger partial charge in [-0.2, -0.15) is 0 Å². The molecule has 1 aromatic heterocycles. The topological polar surface area (TPSA) is 58.2 Å². The van der Waals surface area contributed by atoms with Gasteiger partial charge in [0.25, 0.3) is 0 Å². The lowest BCUT2D eigenvalue weighted by Crippen LogP contribution is -2.46. The van der Waals surface area contributed by atoms with Crippen molar-refractivity contribution in [3.05, 3.63) is 22.4 Å². The molecule has 0 aliphatic carbocycles. The zero-order valence-electron chi connectivity index (χ0n) is 10.1. The lowest BCUT2D eigenvalue weighted by molar-refractivity contribution is 0.428. The van der Waals surface area contributed by atoms with Crippen molar-refractivity contribution in [1.82, 2.24) is 10.0 Å². The smallest absolute Gasteiger partial charge is 0.212 e. The Morgan fingerprint density at radius 2 is 2.33 bits per heavy atom. The van der Waals surface area contributed by atoms with Crippen LogP contribution in [0.15, 0.2) is 17.5 Å². The van der Waals surface area contributed by atoms with Crippen molar-refractivity contribution in [2.45, 2.75) is 25.3 Å². The Balaban J connectivity index is 0.00000162. The summed E-state index contributed by atoms with van der Waals surface area (Å²) in [6, 6.07) is 3.99. The minimum Gasteiger partial charge on any atom is -0.315 e. The van der Waals surface area contributed by atoms with Crippen molar-refractivity contribution in [2.24, 2.45) is 0 Å². The molecular formula is C11H19ClN2O2S2. The van der Waals surface area contributed by atoms with E-state index in [0.29, 0.717) is 6.42 Å². The summed E-state index contributed by atoms with van der Waals surface area (Å²) in [7, 11) is -3.14. The molecule has 0 saturated carbocycles. The molecule has 1 unspecified atom stereocenters. The second kappa shape index (κ2) is 7.45. The number of aryl methyl sites for hydroxylation is 1. The highest BCUT2D eigenvalue weighted by Crippen LogP contribution is 2.10. The largest absolute Gasteiger partial charge is 0.315 e. The molecule has 1 aliphatic heterocycles. The SMILES string of the molecule is Cl.O=S(=O)(CCc1cccs1)NC1CCCNC1. The third-order valence-corrected chi connectivity index (χ3v) is 5.21. The van der Waals surface area contributed by atoms with Crippen molar-refractivity contribution in [3.63, 3.8) is 0 Å². The number of rotatable bonds is 5. The molecule has 18 heavy (non-hydrogen) atoms. The fourth-order valence-corrected chi connectivity index (χ4v) is 4.11. The van der Waals surface area contributed by atoms with Crippen LogP contribution >= 0.6 is 23.7 Å². The number of nitrogens with one attached hydrogen (secondary N) is 2. The average molecular weight is 311 g/mol. The summed E-state index contributed by atoms with van der Waals surface area (Å²) in [5.74, 6) is 0.185. The Kier molecular flexibility index (Phi) is 6.59. The van der Waals surface area contributed by atoms with Gasteiger partial charge in [-0.15, -0.1) is 23.7 Å². The van der Waals surface area contributed by atoms with Crippen LogP contribution in [0.3, 0.4) is 0 Å². The molecule has 0 bridgehead atoms. The van der Waals surface area contributed by atoms with Gasteiger partial charge < -0.3 is 5.32 Å². The van der Waals surface area contributed by atoms with Crippen LogP contribution in [0.5, 0.6) is 0 Å². The maximum Gasteiger partial charge on any atom is 0.212 e. The zero-order valence-corrected chi connectivity index (χ0v) is 12.5. The lowest BCUT2D eigenvalue weighted by atomic mass is 10.1. The minimum atomic E-state index is -3.14. The lowest BCUT2D eigenvalue weighted by Gasteiger charge is -2.23. The molecule has 0 radical (unpaired) electrons. The highest BCUT2D eigenvalue weighted by atomic mass is 35.5. The fraction of sp³-hybridized carbons (Fsp3) is 0.636. The summed E-state index contributed by atoms with van der Waals surface area (Å²) in [5.41, 5.74) is 0. The number of sulfonamides is 1. The van der Waals surface area contributed by atoms with Gasteiger partial charge in [0, 0.05) is 17.5 Å². The first-order valence-corrected chi connectivity index (χ1v) is 8.42. The number of hydrogen-bond acceptors (Lipinski definition) is 4. The van der Waals surface area contributed by atoms with Gasteiger partial charge in [-0.05, 0) is 37.3 Å². The Bertz CT molecular complexity index is 428. The molecule has 2 heterocycles. The van der Waals surface area contributed by atoms with E-state index in [1.54, 1.807) is 11.3 Å². The molecule has 2 N–H and O–H groups in total. The molecule has 104 valence electrons. The summed E-state index contributed by atoms with van der Waals surface area (Å²) in [5, 5.41) is 5.17. The van der Waals surface area contributed by atoms with Gasteiger partial charge >= 0.3 is 0 Å². The number of piperidine rings is 1. The van der Waals surface area contributed by atoms with Crippen LogP contribution in [-0.2, 0) is 16.4 Å². The van der Waals surface area contributed by atoms with Crippen molar-refractivity contribution in [2.75, 3.05) is 18.8 Å². The highest BCUT2D eigenvalue weighted by Gasteiger charge is 2.19. The Labute approximate surface area is 119 Å². The molecule has 7 heteroatoms. The maximum atomic E-state index is 11.9. The second-order valence-corrected chi connectivity index (χ2v) is 7.22. The van der Waals surface area contributed by atoms with Crippen LogP contribution in [0.4, 0.5) is 0 Å². The first-order valence-electron chi connectivity index (χ1n) is 5.89. The Morgan fingerprint density at radius 3 is 2.94 bits per heavy atom. The van der Waals surface area contributed by atoms with E-state index < -0.39 is 10.0 Å². The Morgan fingerprint density at radius 1 is 1.50 bits per heavy atom. The molecule has 4 nitrogen and oxygen atoms in total. The third kappa shape index (κ3) is 5.24. The van der Waals surface area contributed by atoms with Crippen molar-refractivity contribution in [1.29, 1.82) is 0 Å². The van der Waals surface area contributed by atoms with Crippen molar-refractivity contribution >= 4 is 33.8 Å². The van der Waals surface area contributed by atoms with E-state index in [1.807, 2.05) is 17.5 Å². The number of hydrogen-bond donors (Lipinski definition) is 2. The number of thiophene rings is 1. The quantitative estimate of drug-likeness (QED) is 0.864. The highest BCUT2D eigenvalue weighted by molar-refractivity contribution is 7.89. The normalized spacial score (nSPS) is 20.3. The molecule has 1 atom stereocenters. The zero-order chi connectivity index (χ0) is 12.1. The van der Waals surface area contributed by atoms with Gasteiger partial charge in [0.15, 0.2) is 0 Å². The Hall–Kier alpha value is -0.140. The second-order valence-electron chi connectivity index (χ2n) is 4.31. The summed E-state index contributed by atoms with van der Waals surface area (Å²) in [6.45, 7) is 1.74. The minimum absolute atomic E-state index is 0. The van der Waals surface area contributed by atoms with Gasteiger partial charge in [-0.1, -0.05) is 6.07 Å². The molecule has 0 spiro atoms. The third-order valence-electron chi connectivity index (χ3n) is 2.84. The van der Waals surface area contributed by atoms with Crippen LogP contribution < -0.4 is 10.0 Å². The van der Waals surface area contributed by atoms with Crippen LogP contribution in [0.25, 0.3) is 0 Å². The molecule has 0 amide bonds. The summed E-state index contributed by atoms with van der Waals surface area (Å²) in [4.78, 5) is 1.12. The molecular weight excluding hydrogens is 292 g/mol. The van der Waals surface area contributed by atoms with E-state index in [4.69, 9.17) is 0 Å². The van der Waals surface area contributed by atoms with Crippen LogP contribution in [0, 0.1) is 0 Å².